The van der Waals surface area contributed by atoms with Gasteiger partial charge in [0.05, 0.1) is 11.4 Å². The Kier molecular flexibility index (Phi) is 3.98. The van der Waals surface area contributed by atoms with Crippen molar-refractivity contribution in [1.29, 1.82) is 0 Å². The number of rotatable bonds is 4. The van der Waals surface area contributed by atoms with Crippen LogP contribution in [0.5, 0.6) is 0 Å². The first-order chi connectivity index (χ1) is 9.02. The van der Waals surface area contributed by atoms with Crippen molar-refractivity contribution in [1.82, 2.24) is 0 Å². The minimum absolute atomic E-state index is 0.422. The number of amides is 1. The highest BCUT2D eigenvalue weighted by Gasteiger charge is 2.31. The average molecular weight is 261 g/mol. The summed E-state index contributed by atoms with van der Waals surface area (Å²) in [6.45, 7) is 4.53. The van der Waals surface area contributed by atoms with Crippen LogP contribution >= 0.6 is 0 Å². The third kappa shape index (κ3) is 2.83. The molecule has 0 aliphatic heterocycles. The molecule has 3 unspecified atom stereocenters. The number of carbonyl (C=O) groups excluding carboxylic acids is 1. The molecule has 0 bridgehead atoms. The highest BCUT2D eigenvalue weighted by Crippen LogP contribution is 2.36. The summed E-state index contributed by atoms with van der Waals surface area (Å²) in [5.74, 6) is 0.980. The molecular weight excluding hydrogens is 238 g/mol. The smallest absolute Gasteiger partial charge is 0.248 e. The van der Waals surface area contributed by atoms with Crippen molar-refractivity contribution in [2.75, 3.05) is 11.1 Å². The minimum atomic E-state index is -0.422. The molecule has 5 N–H and O–H groups in total. The third-order valence-electron chi connectivity index (χ3n) is 4.43. The predicted molar refractivity (Wildman–Crippen MR) is 79.0 cm³/mol. The van der Waals surface area contributed by atoms with Crippen molar-refractivity contribution >= 4 is 17.3 Å². The van der Waals surface area contributed by atoms with Gasteiger partial charge < -0.3 is 16.8 Å². The molecule has 19 heavy (non-hydrogen) atoms. The van der Waals surface area contributed by atoms with Gasteiger partial charge in [0.2, 0.25) is 5.91 Å². The Morgan fingerprint density at radius 1 is 1.42 bits per heavy atom. The molecule has 0 spiro atoms. The summed E-state index contributed by atoms with van der Waals surface area (Å²) in [4.78, 5) is 11.2. The van der Waals surface area contributed by atoms with E-state index in [9.17, 15) is 4.79 Å². The number of benzene rings is 1. The molecule has 1 aromatic carbocycles. The van der Waals surface area contributed by atoms with E-state index in [1.54, 1.807) is 18.2 Å². The Morgan fingerprint density at radius 2 is 2.16 bits per heavy atom. The number of nitrogen functional groups attached to an aromatic ring is 1. The number of anilines is 2. The zero-order valence-electron chi connectivity index (χ0n) is 11.6. The molecule has 3 atom stereocenters. The third-order valence-corrected chi connectivity index (χ3v) is 4.43. The summed E-state index contributed by atoms with van der Waals surface area (Å²) in [5, 5.41) is 3.49. The van der Waals surface area contributed by atoms with Crippen LogP contribution in [0.25, 0.3) is 0 Å². The molecule has 0 radical (unpaired) electrons. The maximum absolute atomic E-state index is 11.2. The van der Waals surface area contributed by atoms with Crippen molar-refractivity contribution in [3.8, 4) is 0 Å². The molecule has 0 heterocycles. The average Bonchev–Trinajstić information content (AvgIpc) is 2.73. The molecule has 1 fully saturated rings. The lowest BCUT2D eigenvalue weighted by Gasteiger charge is -2.23. The molecule has 2 rings (SSSR count). The van der Waals surface area contributed by atoms with Crippen molar-refractivity contribution < 1.29 is 4.79 Å². The normalized spacial score (nSPS) is 26.3. The van der Waals surface area contributed by atoms with Gasteiger partial charge >= 0.3 is 0 Å². The first kappa shape index (κ1) is 13.7. The second-order valence-electron chi connectivity index (χ2n) is 5.52. The number of hydrogen-bond donors (Lipinski definition) is 3. The van der Waals surface area contributed by atoms with Crippen molar-refractivity contribution in [2.45, 2.75) is 39.2 Å². The number of carbonyl (C=O) groups is 1. The molecule has 4 nitrogen and oxygen atoms in total. The van der Waals surface area contributed by atoms with Gasteiger partial charge in [-0.1, -0.05) is 20.3 Å². The molecule has 1 aliphatic carbocycles. The molecule has 1 saturated carbocycles. The Morgan fingerprint density at radius 3 is 2.74 bits per heavy atom. The molecule has 0 aromatic heterocycles. The van der Waals surface area contributed by atoms with Crippen LogP contribution in [0.2, 0.25) is 0 Å². The summed E-state index contributed by atoms with van der Waals surface area (Å²) < 4.78 is 0. The van der Waals surface area contributed by atoms with E-state index >= 15 is 0 Å². The summed E-state index contributed by atoms with van der Waals surface area (Å²) in [6, 6.07) is 5.58. The van der Waals surface area contributed by atoms with E-state index in [0.717, 1.165) is 18.0 Å². The molecule has 1 aromatic rings. The maximum Gasteiger partial charge on any atom is 0.248 e. The van der Waals surface area contributed by atoms with E-state index in [-0.39, 0.29) is 0 Å². The van der Waals surface area contributed by atoms with Gasteiger partial charge in [-0.05, 0) is 42.9 Å². The van der Waals surface area contributed by atoms with Crippen LogP contribution in [0.3, 0.4) is 0 Å². The summed E-state index contributed by atoms with van der Waals surface area (Å²) in [6.07, 6.45) is 3.63. The fourth-order valence-corrected chi connectivity index (χ4v) is 3.06. The summed E-state index contributed by atoms with van der Waals surface area (Å²) in [5.41, 5.74) is 13.3. The highest BCUT2D eigenvalue weighted by atomic mass is 16.1. The van der Waals surface area contributed by atoms with Crippen LogP contribution in [0.4, 0.5) is 11.4 Å². The fourth-order valence-electron chi connectivity index (χ4n) is 3.06. The topological polar surface area (TPSA) is 81.1 Å². The van der Waals surface area contributed by atoms with E-state index in [4.69, 9.17) is 11.5 Å². The van der Waals surface area contributed by atoms with Crippen LogP contribution in [-0.4, -0.2) is 11.9 Å². The van der Waals surface area contributed by atoms with Gasteiger partial charge in [-0.2, -0.15) is 0 Å². The monoisotopic (exact) mass is 261 g/mol. The zero-order valence-corrected chi connectivity index (χ0v) is 11.6. The number of primary amides is 1. The number of nitrogens with two attached hydrogens (primary N) is 2. The molecular formula is C15H23N3O. The first-order valence-electron chi connectivity index (χ1n) is 6.98. The van der Waals surface area contributed by atoms with E-state index < -0.39 is 5.91 Å². The van der Waals surface area contributed by atoms with E-state index in [2.05, 4.69) is 19.2 Å². The van der Waals surface area contributed by atoms with E-state index in [1.807, 2.05) is 0 Å². The van der Waals surface area contributed by atoms with Crippen LogP contribution in [0.15, 0.2) is 18.2 Å². The molecule has 0 saturated heterocycles. The van der Waals surface area contributed by atoms with Crippen LogP contribution < -0.4 is 16.8 Å². The second-order valence-corrected chi connectivity index (χ2v) is 5.52. The summed E-state index contributed by atoms with van der Waals surface area (Å²) in [7, 11) is 0. The predicted octanol–water partition coefficient (Wildman–Crippen LogP) is 2.60. The van der Waals surface area contributed by atoms with Crippen LogP contribution in [-0.2, 0) is 0 Å². The van der Waals surface area contributed by atoms with Crippen molar-refractivity contribution in [3.63, 3.8) is 0 Å². The van der Waals surface area contributed by atoms with Gasteiger partial charge in [0.25, 0.3) is 0 Å². The molecule has 1 aliphatic rings. The van der Waals surface area contributed by atoms with Crippen LogP contribution in [0.1, 0.15) is 43.5 Å². The standard InChI is InChI=1S/C15H23N3O/c1-3-10-5-7-13(9(10)2)18-14-8-11(15(17)19)4-6-12(14)16/h4,6,8-10,13,18H,3,5,7,16H2,1-2H3,(H2,17,19). The lowest BCUT2D eigenvalue weighted by Crippen LogP contribution is -2.25. The fraction of sp³-hybridized carbons (Fsp3) is 0.533. The van der Waals surface area contributed by atoms with Gasteiger partial charge in [-0.3, -0.25) is 4.79 Å². The lowest BCUT2D eigenvalue weighted by molar-refractivity contribution is 0.100. The Balaban J connectivity index is 2.15. The SMILES string of the molecule is CCC1CCC(Nc2cc(C(N)=O)ccc2N)C1C. The van der Waals surface area contributed by atoms with Crippen molar-refractivity contribution in [3.05, 3.63) is 23.8 Å². The van der Waals surface area contributed by atoms with Gasteiger partial charge in [0.15, 0.2) is 0 Å². The van der Waals surface area contributed by atoms with Crippen LogP contribution in [0, 0.1) is 11.8 Å². The molecule has 104 valence electrons. The van der Waals surface area contributed by atoms with Crippen molar-refractivity contribution in [2.24, 2.45) is 17.6 Å². The second kappa shape index (κ2) is 5.51. The summed E-state index contributed by atoms with van der Waals surface area (Å²) >= 11 is 0. The number of nitrogens with one attached hydrogen (secondary N) is 1. The van der Waals surface area contributed by atoms with E-state index in [1.165, 1.54) is 12.8 Å². The lowest BCUT2D eigenvalue weighted by atomic mass is 9.93. The Labute approximate surface area is 114 Å². The molecule has 4 heteroatoms. The van der Waals surface area contributed by atoms with Gasteiger partial charge in [0.1, 0.15) is 0 Å². The van der Waals surface area contributed by atoms with Gasteiger partial charge in [0, 0.05) is 11.6 Å². The van der Waals surface area contributed by atoms with Gasteiger partial charge in [-0.25, -0.2) is 0 Å². The first-order valence-corrected chi connectivity index (χ1v) is 6.98. The Bertz CT molecular complexity index is 472. The van der Waals surface area contributed by atoms with Gasteiger partial charge in [-0.15, -0.1) is 0 Å². The quantitative estimate of drug-likeness (QED) is 0.729. The maximum atomic E-state index is 11.2. The Hall–Kier alpha value is -1.71. The minimum Gasteiger partial charge on any atom is -0.397 e. The highest BCUT2D eigenvalue weighted by molar-refractivity contribution is 5.94. The zero-order chi connectivity index (χ0) is 14.0. The largest absolute Gasteiger partial charge is 0.397 e. The van der Waals surface area contributed by atoms with E-state index in [0.29, 0.717) is 23.2 Å². The molecule has 1 amide bonds. The number of hydrogen-bond acceptors (Lipinski definition) is 3.